The molecule has 3 nitrogen and oxygen atoms in total. The molecular formula is C16H33N3. The third-order valence-electron chi connectivity index (χ3n) is 4.75. The number of nitrogens with zero attached hydrogens (tertiary/aromatic N) is 2. The molecular weight excluding hydrogens is 234 g/mol. The zero-order valence-corrected chi connectivity index (χ0v) is 13.2. The fourth-order valence-corrected chi connectivity index (χ4v) is 3.46. The molecule has 0 bridgehead atoms. The van der Waals surface area contributed by atoms with Crippen LogP contribution >= 0.6 is 0 Å². The third kappa shape index (κ3) is 4.44. The summed E-state index contributed by atoms with van der Waals surface area (Å²) in [4.78, 5) is 5.39. The summed E-state index contributed by atoms with van der Waals surface area (Å²) >= 11 is 0. The van der Waals surface area contributed by atoms with Crippen LogP contribution in [-0.4, -0.2) is 61.7 Å². The molecule has 2 aliphatic rings. The van der Waals surface area contributed by atoms with Crippen LogP contribution < -0.4 is 5.32 Å². The van der Waals surface area contributed by atoms with Crippen molar-refractivity contribution in [2.75, 3.05) is 45.8 Å². The Labute approximate surface area is 119 Å². The van der Waals surface area contributed by atoms with Gasteiger partial charge >= 0.3 is 0 Å². The Kier molecular flexibility index (Phi) is 6.11. The smallest absolute Gasteiger partial charge is 0.0137 e. The van der Waals surface area contributed by atoms with Gasteiger partial charge in [0.1, 0.15) is 0 Å². The van der Waals surface area contributed by atoms with Crippen LogP contribution in [0.25, 0.3) is 0 Å². The van der Waals surface area contributed by atoms with E-state index in [-0.39, 0.29) is 0 Å². The molecule has 2 atom stereocenters. The molecule has 0 aromatic rings. The maximum absolute atomic E-state index is 3.65. The second kappa shape index (κ2) is 7.61. The standard InChI is InChI=1S/C16H33N3/c1-4-7-18-8-10-19(11-9-18)16-6-5-15(16)13-17-12-14(2)3/h14-17H,4-13H2,1-3H3. The first-order chi connectivity index (χ1) is 9.20. The quantitative estimate of drug-likeness (QED) is 0.761. The van der Waals surface area contributed by atoms with Gasteiger partial charge in [0.05, 0.1) is 0 Å². The van der Waals surface area contributed by atoms with Gasteiger partial charge in [-0.15, -0.1) is 0 Å². The van der Waals surface area contributed by atoms with E-state index in [0.29, 0.717) is 0 Å². The first-order valence-corrected chi connectivity index (χ1v) is 8.37. The fraction of sp³-hybridized carbons (Fsp3) is 1.00. The summed E-state index contributed by atoms with van der Waals surface area (Å²) in [5.41, 5.74) is 0. The second-order valence-corrected chi connectivity index (χ2v) is 6.83. The van der Waals surface area contributed by atoms with Gasteiger partial charge < -0.3 is 10.2 Å². The van der Waals surface area contributed by atoms with E-state index in [1.807, 2.05) is 0 Å². The number of piperazine rings is 1. The Balaban J connectivity index is 1.65. The predicted molar refractivity (Wildman–Crippen MR) is 82.5 cm³/mol. The lowest BCUT2D eigenvalue weighted by molar-refractivity contribution is 0.0210. The summed E-state index contributed by atoms with van der Waals surface area (Å²) in [6, 6.07) is 0.878. The minimum Gasteiger partial charge on any atom is -0.316 e. The van der Waals surface area contributed by atoms with Gasteiger partial charge in [-0.3, -0.25) is 4.90 Å². The van der Waals surface area contributed by atoms with Crippen LogP contribution in [0.3, 0.4) is 0 Å². The predicted octanol–water partition coefficient (Wildman–Crippen LogP) is 2.04. The summed E-state index contributed by atoms with van der Waals surface area (Å²) in [5.74, 6) is 1.69. The second-order valence-electron chi connectivity index (χ2n) is 6.83. The Hall–Kier alpha value is -0.120. The first-order valence-electron chi connectivity index (χ1n) is 8.37. The SMILES string of the molecule is CCCN1CCN(C2CCC2CNCC(C)C)CC1. The highest BCUT2D eigenvalue weighted by atomic mass is 15.3. The normalized spacial score (nSPS) is 29.7. The number of nitrogens with one attached hydrogen (secondary N) is 1. The molecule has 0 spiro atoms. The topological polar surface area (TPSA) is 18.5 Å². The van der Waals surface area contributed by atoms with Crippen LogP contribution in [0.4, 0.5) is 0 Å². The third-order valence-corrected chi connectivity index (χ3v) is 4.75. The van der Waals surface area contributed by atoms with Gasteiger partial charge in [0, 0.05) is 32.2 Å². The van der Waals surface area contributed by atoms with Gasteiger partial charge in [0.2, 0.25) is 0 Å². The molecule has 1 saturated heterocycles. The van der Waals surface area contributed by atoms with E-state index in [2.05, 4.69) is 35.9 Å². The van der Waals surface area contributed by atoms with Crippen molar-refractivity contribution in [2.24, 2.45) is 11.8 Å². The van der Waals surface area contributed by atoms with Crippen molar-refractivity contribution in [1.29, 1.82) is 0 Å². The molecule has 0 aromatic carbocycles. The van der Waals surface area contributed by atoms with Gasteiger partial charge in [-0.25, -0.2) is 0 Å². The maximum atomic E-state index is 3.65. The minimum atomic E-state index is 0.774. The van der Waals surface area contributed by atoms with Crippen LogP contribution in [0.15, 0.2) is 0 Å². The average Bonchev–Trinajstić information content (AvgIpc) is 2.35. The van der Waals surface area contributed by atoms with Crippen LogP contribution in [0.2, 0.25) is 0 Å². The lowest BCUT2D eigenvalue weighted by Crippen LogP contribution is -2.57. The molecule has 1 saturated carbocycles. The summed E-state index contributed by atoms with van der Waals surface area (Å²) in [7, 11) is 0. The van der Waals surface area contributed by atoms with Crippen molar-refractivity contribution in [2.45, 2.75) is 46.1 Å². The van der Waals surface area contributed by atoms with E-state index in [0.717, 1.165) is 17.9 Å². The minimum absolute atomic E-state index is 0.774. The average molecular weight is 267 g/mol. The number of rotatable bonds is 7. The largest absolute Gasteiger partial charge is 0.316 e. The summed E-state index contributed by atoms with van der Waals surface area (Å²) in [5, 5.41) is 3.65. The van der Waals surface area contributed by atoms with E-state index < -0.39 is 0 Å². The van der Waals surface area contributed by atoms with Crippen LogP contribution in [0.5, 0.6) is 0 Å². The van der Waals surface area contributed by atoms with Crippen molar-refractivity contribution in [3.63, 3.8) is 0 Å². The molecule has 1 heterocycles. The number of hydrogen-bond donors (Lipinski definition) is 1. The fourth-order valence-electron chi connectivity index (χ4n) is 3.46. The van der Waals surface area contributed by atoms with Crippen LogP contribution in [0, 0.1) is 11.8 Å². The highest BCUT2D eigenvalue weighted by molar-refractivity contribution is 4.92. The van der Waals surface area contributed by atoms with Crippen LogP contribution in [0.1, 0.15) is 40.0 Å². The zero-order chi connectivity index (χ0) is 13.7. The van der Waals surface area contributed by atoms with Gasteiger partial charge in [0.15, 0.2) is 0 Å². The summed E-state index contributed by atoms with van der Waals surface area (Å²) in [6.45, 7) is 15.7. The van der Waals surface area contributed by atoms with E-state index in [1.165, 1.54) is 65.1 Å². The summed E-state index contributed by atoms with van der Waals surface area (Å²) < 4.78 is 0. The van der Waals surface area contributed by atoms with Gasteiger partial charge in [-0.2, -0.15) is 0 Å². The zero-order valence-electron chi connectivity index (χ0n) is 13.2. The molecule has 1 aliphatic carbocycles. The maximum Gasteiger partial charge on any atom is 0.0137 e. The molecule has 2 fully saturated rings. The highest BCUT2D eigenvalue weighted by Crippen LogP contribution is 2.32. The molecule has 2 rings (SSSR count). The molecule has 1 N–H and O–H groups in total. The van der Waals surface area contributed by atoms with Crippen molar-refractivity contribution in [3.8, 4) is 0 Å². The Morgan fingerprint density at radius 2 is 1.84 bits per heavy atom. The monoisotopic (exact) mass is 267 g/mol. The Bertz CT molecular complexity index is 246. The van der Waals surface area contributed by atoms with E-state index >= 15 is 0 Å². The van der Waals surface area contributed by atoms with Crippen molar-refractivity contribution in [3.05, 3.63) is 0 Å². The molecule has 112 valence electrons. The van der Waals surface area contributed by atoms with Gasteiger partial charge in [-0.05, 0) is 50.7 Å². The van der Waals surface area contributed by atoms with Gasteiger partial charge in [0.25, 0.3) is 0 Å². The highest BCUT2D eigenvalue weighted by Gasteiger charge is 2.36. The molecule has 1 aliphatic heterocycles. The van der Waals surface area contributed by atoms with E-state index in [9.17, 15) is 0 Å². The van der Waals surface area contributed by atoms with Gasteiger partial charge in [-0.1, -0.05) is 20.8 Å². The molecule has 2 unspecified atom stereocenters. The van der Waals surface area contributed by atoms with Crippen molar-refractivity contribution >= 4 is 0 Å². The van der Waals surface area contributed by atoms with E-state index in [4.69, 9.17) is 0 Å². The lowest BCUT2D eigenvalue weighted by Gasteiger charge is -2.48. The summed E-state index contributed by atoms with van der Waals surface area (Å²) in [6.07, 6.45) is 4.16. The lowest BCUT2D eigenvalue weighted by atomic mass is 9.78. The molecule has 0 radical (unpaired) electrons. The molecule has 3 heteroatoms. The molecule has 0 aromatic heterocycles. The number of hydrogen-bond acceptors (Lipinski definition) is 3. The first kappa shape index (κ1) is 15.3. The van der Waals surface area contributed by atoms with Crippen molar-refractivity contribution in [1.82, 2.24) is 15.1 Å². The van der Waals surface area contributed by atoms with E-state index in [1.54, 1.807) is 0 Å². The Morgan fingerprint density at radius 3 is 2.37 bits per heavy atom. The van der Waals surface area contributed by atoms with Crippen molar-refractivity contribution < 1.29 is 0 Å². The Morgan fingerprint density at radius 1 is 1.11 bits per heavy atom. The molecule has 19 heavy (non-hydrogen) atoms. The van der Waals surface area contributed by atoms with Crippen LogP contribution in [-0.2, 0) is 0 Å². The molecule has 0 amide bonds.